The van der Waals surface area contributed by atoms with Gasteiger partial charge in [0.05, 0.1) is 18.1 Å². The molecule has 0 spiro atoms. The van der Waals surface area contributed by atoms with E-state index in [1.54, 1.807) is 31.2 Å². The molecule has 3 rings (SSSR count). The minimum atomic E-state index is -0.916. The third-order valence-corrected chi connectivity index (χ3v) is 4.13. The molecule has 0 aliphatic heterocycles. The fourth-order valence-corrected chi connectivity index (χ4v) is 2.59. The summed E-state index contributed by atoms with van der Waals surface area (Å²) in [7, 11) is 1.41. The Labute approximate surface area is 173 Å². The van der Waals surface area contributed by atoms with E-state index in [0.717, 1.165) is 0 Å². The van der Waals surface area contributed by atoms with Crippen LogP contribution in [0, 0.1) is 10.1 Å². The predicted octanol–water partition coefficient (Wildman–Crippen LogP) is 4.80. The summed E-state index contributed by atoms with van der Waals surface area (Å²) < 4.78 is 16.5. The molecule has 0 aliphatic carbocycles. The second-order valence-electron chi connectivity index (χ2n) is 6.28. The normalized spacial score (nSPS) is 11.3. The molecule has 0 unspecified atom stereocenters. The molecule has 0 saturated carbocycles. The molecular formula is C22H20N2O6. The van der Waals surface area contributed by atoms with Crippen LogP contribution in [0.2, 0.25) is 0 Å². The molecule has 8 nitrogen and oxygen atoms in total. The van der Waals surface area contributed by atoms with Crippen molar-refractivity contribution in [3.63, 3.8) is 0 Å². The number of para-hydroxylation sites is 1. The predicted molar refractivity (Wildman–Crippen MR) is 111 cm³/mol. The van der Waals surface area contributed by atoms with Crippen LogP contribution in [-0.2, 0) is 4.79 Å². The molecule has 0 heterocycles. The number of amides is 1. The highest BCUT2D eigenvalue weighted by molar-refractivity contribution is 5.94. The highest BCUT2D eigenvalue weighted by atomic mass is 16.6. The molecule has 0 radical (unpaired) electrons. The Hall–Kier alpha value is -4.07. The first-order valence-corrected chi connectivity index (χ1v) is 9.09. The summed E-state index contributed by atoms with van der Waals surface area (Å²) in [5.41, 5.74) is 0.397. The van der Waals surface area contributed by atoms with Crippen LogP contribution in [-0.4, -0.2) is 24.0 Å². The van der Waals surface area contributed by atoms with E-state index < -0.39 is 16.9 Å². The minimum absolute atomic E-state index is 0.112. The Morgan fingerprint density at radius 3 is 2.27 bits per heavy atom. The number of methoxy groups -OCH3 is 1. The summed E-state index contributed by atoms with van der Waals surface area (Å²) in [6.07, 6.45) is -0.916. The van der Waals surface area contributed by atoms with Crippen molar-refractivity contribution in [2.45, 2.75) is 13.0 Å². The number of anilines is 1. The SMILES string of the molecule is COc1ccc([N+](=O)[O-])cc1O[C@@H](C)C(=O)Nc1ccc(Oc2ccccc2)cc1. The Morgan fingerprint density at radius 1 is 0.967 bits per heavy atom. The Morgan fingerprint density at radius 2 is 1.63 bits per heavy atom. The molecule has 3 aromatic carbocycles. The molecular weight excluding hydrogens is 388 g/mol. The van der Waals surface area contributed by atoms with Crippen LogP contribution in [0.25, 0.3) is 0 Å². The van der Waals surface area contributed by atoms with E-state index in [2.05, 4.69) is 5.32 Å². The van der Waals surface area contributed by atoms with Crippen molar-refractivity contribution in [1.82, 2.24) is 0 Å². The zero-order valence-corrected chi connectivity index (χ0v) is 16.4. The number of hydrogen-bond acceptors (Lipinski definition) is 6. The van der Waals surface area contributed by atoms with Gasteiger partial charge in [0.15, 0.2) is 17.6 Å². The number of carbonyl (C=O) groups excluding carboxylic acids is 1. The Kier molecular flexibility index (Phi) is 6.49. The quantitative estimate of drug-likeness (QED) is 0.424. The molecule has 0 fully saturated rings. The van der Waals surface area contributed by atoms with Crippen molar-refractivity contribution in [3.05, 3.63) is 82.9 Å². The van der Waals surface area contributed by atoms with Crippen molar-refractivity contribution < 1.29 is 23.9 Å². The van der Waals surface area contributed by atoms with Gasteiger partial charge in [-0.2, -0.15) is 0 Å². The Balaban J connectivity index is 1.63. The summed E-state index contributed by atoms with van der Waals surface area (Å²) in [6.45, 7) is 1.54. The van der Waals surface area contributed by atoms with Crippen molar-refractivity contribution in [2.24, 2.45) is 0 Å². The summed E-state index contributed by atoms with van der Waals surface area (Å²) in [5, 5.41) is 13.7. The molecule has 3 aromatic rings. The number of hydrogen-bond donors (Lipinski definition) is 1. The van der Waals surface area contributed by atoms with E-state index in [1.807, 2.05) is 30.3 Å². The molecule has 0 saturated heterocycles. The highest BCUT2D eigenvalue weighted by Crippen LogP contribution is 2.32. The summed E-state index contributed by atoms with van der Waals surface area (Å²) >= 11 is 0. The van der Waals surface area contributed by atoms with Crippen LogP contribution in [0.4, 0.5) is 11.4 Å². The maximum Gasteiger partial charge on any atom is 0.273 e. The number of carbonyl (C=O) groups is 1. The molecule has 1 N–H and O–H groups in total. The van der Waals surface area contributed by atoms with Gasteiger partial charge < -0.3 is 19.5 Å². The van der Waals surface area contributed by atoms with Crippen LogP contribution >= 0.6 is 0 Å². The first-order chi connectivity index (χ1) is 14.5. The maximum absolute atomic E-state index is 12.5. The van der Waals surface area contributed by atoms with Crippen LogP contribution in [0.3, 0.4) is 0 Å². The number of nitrogens with zero attached hydrogens (tertiary/aromatic N) is 1. The lowest BCUT2D eigenvalue weighted by Crippen LogP contribution is -2.30. The number of nitro groups is 1. The molecule has 0 aliphatic rings. The van der Waals surface area contributed by atoms with Crippen LogP contribution in [0.15, 0.2) is 72.8 Å². The maximum atomic E-state index is 12.5. The van der Waals surface area contributed by atoms with Crippen molar-refractivity contribution in [2.75, 3.05) is 12.4 Å². The van der Waals surface area contributed by atoms with Gasteiger partial charge in [-0.1, -0.05) is 18.2 Å². The molecule has 1 amide bonds. The monoisotopic (exact) mass is 408 g/mol. The van der Waals surface area contributed by atoms with Gasteiger partial charge in [-0.3, -0.25) is 14.9 Å². The Bertz CT molecular complexity index is 1020. The van der Waals surface area contributed by atoms with E-state index in [-0.39, 0.29) is 11.4 Å². The van der Waals surface area contributed by atoms with Gasteiger partial charge in [0, 0.05) is 11.8 Å². The molecule has 154 valence electrons. The third kappa shape index (κ3) is 5.26. The van der Waals surface area contributed by atoms with Crippen LogP contribution < -0.4 is 19.5 Å². The molecule has 8 heteroatoms. The number of nitrogens with one attached hydrogen (secondary N) is 1. The lowest BCUT2D eigenvalue weighted by molar-refractivity contribution is -0.385. The third-order valence-electron chi connectivity index (χ3n) is 4.13. The number of non-ortho nitro benzene ring substituents is 1. The largest absolute Gasteiger partial charge is 0.493 e. The van der Waals surface area contributed by atoms with Gasteiger partial charge >= 0.3 is 0 Å². The lowest BCUT2D eigenvalue weighted by Gasteiger charge is -2.16. The summed E-state index contributed by atoms with van der Waals surface area (Å²) in [4.78, 5) is 22.9. The minimum Gasteiger partial charge on any atom is -0.493 e. The van der Waals surface area contributed by atoms with Crippen molar-refractivity contribution in [1.29, 1.82) is 0 Å². The van der Waals surface area contributed by atoms with Gasteiger partial charge in [0.1, 0.15) is 11.5 Å². The number of rotatable bonds is 8. The average Bonchev–Trinajstić information content (AvgIpc) is 2.75. The van der Waals surface area contributed by atoms with Gasteiger partial charge in [-0.05, 0) is 49.4 Å². The van der Waals surface area contributed by atoms with Crippen molar-refractivity contribution in [3.8, 4) is 23.0 Å². The van der Waals surface area contributed by atoms with E-state index in [4.69, 9.17) is 14.2 Å². The zero-order chi connectivity index (χ0) is 21.5. The van der Waals surface area contributed by atoms with Gasteiger partial charge in [0.25, 0.3) is 11.6 Å². The first kappa shape index (κ1) is 20.7. The average molecular weight is 408 g/mol. The topological polar surface area (TPSA) is 99.9 Å². The molecule has 0 bridgehead atoms. The molecule has 0 aromatic heterocycles. The standard InChI is InChI=1S/C22H20N2O6/c1-15(29-21-14-17(24(26)27)10-13-20(21)28-2)22(25)23-16-8-11-19(12-9-16)30-18-6-4-3-5-7-18/h3-15H,1-2H3,(H,23,25)/t15-/m0/s1. The van der Waals surface area contributed by atoms with Crippen LogP contribution in [0.5, 0.6) is 23.0 Å². The molecule has 1 atom stereocenters. The molecule has 30 heavy (non-hydrogen) atoms. The second kappa shape index (κ2) is 9.42. The van der Waals surface area contributed by atoms with Crippen LogP contribution in [0.1, 0.15) is 6.92 Å². The van der Waals surface area contributed by atoms with Crippen molar-refractivity contribution >= 4 is 17.3 Å². The smallest absolute Gasteiger partial charge is 0.273 e. The van der Waals surface area contributed by atoms with E-state index in [0.29, 0.717) is 22.9 Å². The summed E-state index contributed by atoms with van der Waals surface area (Å²) in [6, 6.07) is 20.2. The lowest BCUT2D eigenvalue weighted by atomic mass is 10.2. The zero-order valence-electron chi connectivity index (χ0n) is 16.4. The fourth-order valence-electron chi connectivity index (χ4n) is 2.59. The van der Waals surface area contributed by atoms with Gasteiger partial charge in [0.2, 0.25) is 0 Å². The van der Waals surface area contributed by atoms with Gasteiger partial charge in [-0.15, -0.1) is 0 Å². The van der Waals surface area contributed by atoms with Gasteiger partial charge in [-0.25, -0.2) is 0 Å². The number of benzene rings is 3. The fraction of sp³-hybridized carbons (Fsp3) is 0.136. The number of ether oxygens (including phenoxy) is 3. The summed E-state index contributed by atoms with van der Waals surface area (Å²) in [5.74, 6) is 1.33. The second-order valence-corrected chi connectivity index (χ2v) is 6.28. The van der Waals surface area contributed by atoms with E-state index >= 15 is 0 Å². The first-order valence-electron chi connectivity index (χ1n) is 9.09. The highest BCUT2D eigenvalue weighted by Gasteiger charge is 2.19. The number of nitro benzene ring substituents is 1. The van der Waals surface area contributed by atoms with E-state index in [9.17, 15) is 14.9 Å². The van der Waals surface area contributed by atoms with E-state index in [1.165, 1.54) is 25.3 Å².